The van der Waals surface area contributed by atoms with Crippen LogP contribution in [0.4, 0.5) is 4.39 Å². The minimum Gasteiger partial charge on any atom is -0.271 e. The summed E-state index contributed by atoms with van der Waals surface area (Å²) in [6, 6.07) is 7.72. The summed E-state index contributed by atoms with van der Waals surface area (Å²) < 4.78 is 13.9. The fourth-order valence-electron chi connectivity index (χ4n) is 1.79. The molecule has 0 saturated heterocycles. The molecule has 1 unspecified atom stereocenters. The van der Waals surface area contributed by atoms with Crippen molar-refractivity contribution in [2.75, 3.05) is 0 Å². The second-order valence-corrected chi connectivity index (χ2v) is 4.46. The van der Waals surface area contributed by atoms with E-state index < -0.39 is 11.9 Å². The van der Waals surface area contributed by atoms with E-state index in [2.05, 4.69) is 10.4 Å². The summed E-state index contributed by atoms with van der Waals surface area (Å²) in [4.78, 5) is 4.21. The molecule has 0 aliphatic rings. The molecule has 0 bridgehead atoms. The standard InChI is InChI=1S/C13H13ClFN3/c1-8-4-5-17-12(6-8)13(18-16)10-3-2-9(14)7-11(10)15/h2-7,13,18H,16H2,1H3. The first-order chi connectivity index (χ1) is 8.61. The number of pyridine rings is 1. The van der Waals surface area contributed by atoms with Gasteiger partial charge in [-0.3, -0.25) is 10.8 Å². The van der Waals surface area contributed by atoms with E-state index in [1.807, 2.05) is 19.1 Å². The van der Waals surface area contributed by atoms with Gasteiger partial charge in [-0.05, 0) is 36.8 Å². The van der Waals surface area contributed by atoms with E-state index in [1.54, 1.807) is 18.3 Å². The van der Waals surface area contributed by atoms with E-state index in [4.69, 9.17) is 17.4 Å². The fraction of sp³-hybridized carbons (Fsp3) is 0.154. The molecule has 1 aromatic carbocycles. The lowest BCUT2D eigenvalue weighted by Crippen LogP contribution is -2.30. The fourth-order valence-corrected chi connectivity index (χ4v) is 1.95. The number of hydrogen-bond acceptors (Lipinski definition) is 3. The largest absolute Gasteiger partial charge is 0.271 e. The van der Waals surface area contributed by atoms with Crippen LogP contribution in [0, 0.1) is 12.7 Å². The average molecular weight is 266 g/mol. The number of nitrogens with two attached hydrogens (primary N) is 1. The summed E-state index contributed by atoms with van der Waals surface area (Å²) in [5, 5.41) is 0.351. The van der Waals surface area contributed by atoms with Crippen LogP contribution >= 0.6 is 11.6 Å². The van der Waals surface area contributed by atoms with Gasteiger partial charge in [0.2, 0.25) is 0 Å². The molecule has 0 saturated carbocycles. The van der Waals surface area contributed by atoms with Gasteiger partial charge in [0.05, 0.1) is 11.7 Å². The van der Waals surface area contributed by atoms with Gasteiger partial charge in [-0.15, -0.1) is 0 Å². The lowest BCUT2D eigenvalue weighted by Gasteiger charge is -2.17. The quantitative estimate of drug-likeness (QED) is 0.663. The van der Waals surface area contributed by atoms with Crippen molar-refractivity contribution in [2.24, 2.45) is 5.84 Å². The molecule has 0 radical (unpaired) electrons. The van der Waals surface area contributed by atoms with Gasteiger partial charge in [-0.2, -0.15) is 0 Å². The summed E-state index contributed by atoms with van der Waals surface area (Å²) in [6.07, 6.45) is 1.67. The minimum absolute atomic E-state index is 0.351. The Morgan fingerprint density at radius 1 is 1.33 bits per heavy atom. The molecule has 0 fully saturated rings. The highest BCUT2D eigenvalue weighted by atomic mass is 35.5. The topological polar surface area (TPSA) is 50.9 Å². The van der Waals surface area contributed by atoms with Crippen LogP contribution in [0.2, 0.25) is 5.02 Å². The maximum absolute atomic E-state index is 13.9. The van der Waals surface area contributed by atoms with E-state index in [9.17, 15) is 4.39 Å². The highest BCUT2D eigenvalue weighted by Crippen LogP contribution is 2.25. The normalized spacial score (nSPS) is 12.4. The number of hydrogen-bond donors (Lipinski definition) is 2. The van der Waals surface area contributed by atoms with Crippen molar-refractivity contribution in [3.63, 3.8) is 0 Å². The van der Waals surface area contributed by atoms with E-state index in [1.165, 1.54) is 6.07 Å². The maximum atomic E-state index is 13.9. The van der Waals surface area contributed by atoms with Crippen molar-refractivity contribution >= 4 is 11.6 Å². The van der Waals surface area contributed by atoms with Gasteiger partial charge in [-0.1, -0.05) is 17.7 Å². The summed E-state index contributed by atoms with van der Waals surface area (Å²) in [7, 11) is 0. The molecule has 3 nitrogen and oxygen atoms in total. The molecule has 3 N–H and O–H groups in total. The van der Waals surface area contributed by atoms with Gasteiger partial charge >= 0.3 is 0 Å². The van der Waals surface area contributed by atoms with Crippen LogP contribution in [0.1, 0.15) is 22.9 Å². The van der Waals surface area contributed by atoms with Gasteiger partial charge in [0.25, 0.3) is 0 Å². The molecule has 2 aromatic rings. The molecular formula is C13H13ClFN3. The third-order valence-electron chi connectivity index (χ3n) is 2.67. The molecule has 5 heteroatoms. The van der Waals surface area contributed by atoms with Crippen LogP contribution in [0.5, 0.6) is 0 Å². The highest BCUT2D eigenvalue weighted by molar-refractivity contribution is 6.30. The number of rotatable bonds is 3. The maximum Gasteiger partial charge on any atom is 0.129 e. The Kier molecular flexibility index (Phi) is 3.91. The molecule has 1 heterocycles. The Hall–Kier alpha value is -1.49. The number of nitrogens with one attached hydrogen (secondary N) is 1. The Bertz CT molecular complexity index is 560. The van der Waals surface area contributed by atoms with E-state index in [0.717, 1.165) is 5.56 Å². The number of aryl methyl sites for hydroxylation is 1. The van der Waals surface area contributed by atoms with Crippen molar-refractivity contribution in [1.29, 1.82) is 0 Å². The molecule has 0 aliphatic heterocycles. The van der Waals surface area contributed by atoms with Crippen LogP contribution in [-0.2, 0) is 0 Å². The predicted molar refractivity (Wildman–Crippen MR) is 69.6 cm³/mol. The molecule has 0 aliphatic carbocycles. The minimum atomic E-state index is -0.498. The Morgan fingerprint density at radius 2 is 2.11 bits per heavy atom. The molecule has 0 spiro atoms. The zero-order valence-electron chi connectivity index (χ0n) is 9.82. The third-order valence-corrected chi connectivity index (χ3v) is 2.91. The van der Waals surface area contributed by atoms with Gasteiger partial charge in [0.1, 0.15) is 5.82 Å². The molecule has 0 amide bonds. The number of hydrazine groups is 1. The summed E-state index contributed by atoms with van der Waals surface area (Å²) >= 11 is 5.73. The molecule has 18 heavy (non-hydrogen) atoms. The second-order valence-electron chi connectivity index (χ2n) is 4.02. The van der Waals surface area contributed by atoms with Crippen molar-refractivity contribution in [2.45, 2.75) is 13.0 Å². The number of halogens is 2. The average Bonchev–Trinajstić information content (AvgIpc) is 2.33. The van der Waals surface area contributed by atoms with Crippen LogP contribution in [-0.4, -0.2) is 4.98 Å². The van der Waals surface area contributed by atoms with Gasteiger partial charge in [0, 0.05) is 16.8 Å². The molecule has 1 atom stereocenters. The van der Waals surface area contributed by atoms with Crippen molar-refractivity contribution in [1.82, 2.24) is 10.4 Å². The third kappa shape index (κ3) is 2.67. The molecule has 1 aromatic heterocycles. The predicted octanol–water partition coefficient (Wildman–Crippen LogP) is 2.74. The lowest BCUT2D eigenvalue weighted by atomic mass is 10.0. The van der Waals surface area contributed by atoms with Crippen LogP contribution < -0.4 is 11.3 Å². The first kappa shape index (κ1) is 13.0. The van der Waals surface area contributed by atoms with Crippen LogP contribution in [0.25, 0.3) is 0 Å². The zero-order chi connectivity index (χ0) is 13.1. The van der Waals surface area contributed by atoms with Crippen LogP contribution in [0.3, 0.4) is 0 Å². The van der Waals surface area contributed by atoms with Crippen molar-refractivity contribution in [3.8, 4) is 0 Å². The van der Waals surface area contributed by atoms with Gasteiger partial charge in [-0.25, -0.2) is 9.82 Å². The molecule has 2 rings (SSSR count). The van der Waals surface area contributed by atoms with E-state index in [-0.39, 0.29) is 0 Å². The summed E-state index contributed by atoms with van der Waals surface area (Å²) in [5.41, 5.74) is 4.70. The number of aromatic nitrogens is 1. The smallest absolute Gasteiger partial charge is 0.129 e. The Morgan fingerprint density at radius 3 is 2.72 bits per heavy atom. The lowest BCUT2D eigenvalue weighted by molar-refractivity contribution is 0.553. The van der Waals surface area contributed by atoms with E-state index in [0.29, 0.717) is 16.3 Å². The number of nitrogens with zero attached hydrogens (tertiary/aromatic N) is 1. The first-order valence-electron chi connectivity index (χ1n) is 5.45. The summed E-state index contributed by atoms with van der Waals surface area (Å²) in [5.74, 6) is 5.10. The molecular weight excluding hydrogens is 253 g/mol. The number of benzene rings is 1. The Balaban J connectivity index is 2.45. The SMILES string of the molecule is Cc1ccnc(C(NN)c2ccc(Cl)cc2F)c1. The Labute approximate surface area is 110 Å². The van der Waals surface area contributed by atoms with Gasteiger partial charge in [0.15, 0.2) is 0 Å². The van der Waals surface area contributed by atoms with Gasteiger partial charge < -0.3 is 0 Å². The van der Waals surface area contributed by atoms with Crippen molar-refractivity contribution < 1.29 is 4.39 Å². The van der Waals surface area contributed by atoms with E-state index >= 15 is 0 Å². The monoisotopic (exact) mass is 265 g/mol. The van der Waals surface area contributed by atoms with Crippen LogP contribution in [0.15, 0.2) is 36.5 Å². The highest BCUT2D eigenvalue weighted by Gasteiger charge is 2.18. The first-order valence-corrected chi connectivity index (χ1v) is 5.83. The van der Waals surface area contributed by atoms with Crippen molar-refractivity contribution in [3.05, 3.63) is 64.2 Å². The zero-order valence-corrected chi connectivity index (χ0v) is 10.6. The second kappa shape index (κ2) is 5.44. The summed E-state index contributed by atoms with van der Waals surface area (Å²) in [6.45, 7) is 1.94. The molecule has 94 valence electrons.